The third-order valence-electron chi connectivity index (χ3n) is 5.28. The van der Waals surface area contributed by atoms with Gasteiger partial charge in [0.15, 0.2) is 5.88 Å². The van der Waals surface area contributed by atoms with Crippen LogP contribution in [-0.2, 0) is 0 Å². The Morgan fingerprint density at radius 3 is 2.55 bits per heavy atom. The van der Waals surface area contributed by atoms with E-state index in [4.69, 9.17) is 0 Å². The summed E-state index contributed by atoms with van der Waals surface area (Å²) in [5.74, 6) is 6.46. The van der Waals surface area contributed by atoms with Crippen LogP contribution in [0.2, 0.25) is 0 Å². The summed E-state index contributed by atoms with van der Waals surface area (Å²) in [6.45, 7) is 0. The lowest BCUT2D eigenvalue weighted by molar-refractivity contribution is 0.457. The molecule has 1 aliphatic heterocycles. The van der Waals surface area contributed by atoms with Gasteiger partial charge in [0.05, 0.1) is 5.69 Å². The lowest BCUT2D eigenvalue weighted by atomic mass is 10.1. The maximum atomic E-state index is 10.3. The number of H-pyrrole nitrogens is 1. The molecule has 0 spiro atoms. The van der Waals surface area contributed by atoms with Crippen molar-refractivity contribution in [3.63, 3.8) is 0 Å². The zero-order valence-corrected chi connectivity index (χ0v) is 17.2. The summed E-state index contributed by atoms with van der Waals surface area (Å²) >= 11 is 0. The van der Waals surface area contributed by atoms with Gasteiger partial charge in [-0.1, -0.05) is 30.2 Å². The molecule has 31 heavy (non-hydrogen) atoms. The number of aromatic amines is 1. The van der Waals surface area contributed by atoms with Gasteiger partial charge in [-0.15, -0.1) is 10.2 Å². The number of anilines is 1. The molecular weight excluding hydrogens is 384 g/mol. The summed E-state index contributed by atoms with van der Waals surface area (Å²) in [5.41, 5.74) is 5.16. The van der Waals surface area contributed by atoms with Gasteiger partial charge in [0.25, 0.3) is 0 Å². The highest BCUT2D eigenvalue weighted by molar-refractivity contribution is 5.91. The molecule has 0 fully saturated rings. The summed E-state index contributed by atoms with van der Waals surface area (Å²) in [6.07, 6.45) is 1.94. The molecule has 0 radical (unpaired) electrons. The predicted octanol–water partition coefficient (Wildman–Crippen LogP) is 4.03. The van der Waals surface area contributed by atoms with Gasteiger partial charge in [-0.05, 0) is 59.7 Å². The van der Waals surface area contributed by atoms with Crippen molar-refractivity contribution in [1.29, 1.82) is 0 Å². The molecule has 5 nitrogen and oxygen atoms in total. The van der Waals surface area contributed by atoms with Gasteiger partial charge in [0.2, 0.25) is 0 Å². The van der Waals surface area contributed by atoms with Crippen LogP contribution in [0.1, 0.15) is 11.1 Å². The van der Waals surface area contributed by atoms with E-state index in [1.807, 2.05) is 86.9 Å². The first-order valence-corrected chi connectivity index (χ1v) is 9.95. The molecule has 5 rings (SSSR count). The third-order valence-corrected chi connectivity index (χ3v) is 5.28. The standard InChI is InChI=1S/C26H20N4O/c1-30(2)19-11-7-17(8-12-19)10-14-24-21-13-9-18(16-25(21)29-28-24)15-22-20-5-3-4-6-23(20)27-26(22)31/h3-9,11-13,15-16,27,31H,1-2H3/b18-15-. The molecule has 1 aromatic heterocycles. The normalized spacial score (nSPS) is 12.7. The quantitative estimate of drug-likeness (QED) is 0.496. The molecule has 3 aromatic carbocycles. The Labute approximate surface area is 179 Å². The van der Waals surface area contributed by atoms with Crippen molar-refractivity contribution in [2.24, 2.45) is 10.2 Å². The summed E-state index contributed by atoms with van der Waals surface area (Å²) < 4.78 is 0. The Morgan fingerprint density at radius 2 is 1.74 bits per heavy atom. The average molecular weight is 404 g/mol. The molecule has 0 atom stereocenters. The number of nitrogens with one attached hydrogen (secondary N) is 1. The van der Waals surface area contributed by atoms with Crippen LogP contribution < -0.4 is 15.3 Å². The number of hydrogen-bond donors (Lipinski definition) is 2. The van der Waals surface area contributed by atoms with Crippen molar-refractivity contribution < 1.29 is 5.11 Å². The molecule has 0 aliphatic carbocycles. The van der Waals surface area contributed by atoms with Crippen molar-refractivity contribution in [2.45, 2.75) is 0 Å². The van der Waals surface area contributed by atoms with E-state index in [9.17, 15) is 5.11 Å². The van der Waals surface area contributed by atoms with Gasteiger partial charge in [-0.25, -0.2) is 0 Å². The summed E-state index contributed by atoms with van der Waals surface area (Å²) in [7, 11) is 4.02. The Hall–Kier alpha value is -4.30. The number of hydrogen-bond acceptors (Lipinski definition) is 4. The highest BCUT2D eigenvalue weighted by Crippen LogP contribution is 2.27. The number of para-hydroxylation sites is 1. The zero-order chi connectivity index (χ0) is 21.4. The van der Waals surface area contributed by atoms with Gasteiger partial charge in [0.1, 0.15) is 5.70 Å². The Morgan fingerprint density at radius 1 is 0.935 bits per heavy atom. The van der Waals surface area contributed by atoms with Crippen molar-refractivity contribution in [3.05, 3.63) is 88.3 Å². The van der Waals surface area contributed by atoms with Crippen molar-refractivity contribution in [3.8, 4) is 17.7 Å². The molecule has 150 valence electrons. The molecule has 0 saturated carbocycles. The predicted molar refractivity (Wildman–Crippen MR) is 125 cm³/mol. The monoisotopic (exact) mass is 404 g/mol. The molecule has 2 heterocycles. The Kier molecular flexibility index (Phi) is 4.53. The molecule has 0 amide bonds. The highest BCUT2D eigenvalue weighted by atomic mass is 16.3. The van der Waals surface area contributed by atoms with E-state index < -0.39 is 0 Å². The van der Waals surface area contributed by atoms with Gasteiger partial charge >= 0.3 is 0 Å². The van der Waals surface area contributed by atoms with Gasteiger partial charge < -0.3 is 15.0 Å². The van der Waals surface area contributed by atoms with Crippen LogP contribution in [0.4, 0.5) is 11.4 Å². The first kappa shape index (κ1) is 18.7. The average Bonchev–Trinajstić information content (AvgIpc) is 3.33. The molecule has 5 heteroatoms. The van der Waals surface area contributed by atoms with E-state index in [-0.39, 0.29) is 5.88 Å². The maximum absolute atomic E-state index is 10.3. The van der Waals surface area contributed by atoms with Crippen molar-refractivity contribution >= 4 is 34.1 Å². The lowest BCUT2D eigenvalue weighted by Gasteiger charge is -2.11. The lowest BCUT2D eigenvalue weighted by Crippen LogP contribution is -2.08. The van der Waals surface area contributed by atoms with Gasteiger partial charge in [-0.3, -0.25) is 0 Å². The molecule has 2 N–H and O–H groups in total. The fourth-order valence-electron chi connectivity index (χ4n) is 3.61. The minimum atomic E-state index is 0.154. The number of aromatic nitrogens is 1. The SMILES string of the molecule is CN(C)c1ccc(C#CC2=c3cc/c(=C/c4c(O)[nH]c5ccccc45)cc3N=N2)cc1. The van der Waals surface area contributed by atoms with Crippen LogP contribution in [0.3, 0.4) is 0 Å². The van der Waals surface area contributed by atoms with Crippen LogP contribution in [0.15, 0.2) is 77.0 Å². The third kappa shape index (κ3) is 3.56. The fraction of sp³-hybridized carbons (Fsp3) is 0.0769. The zero-order valence-electron chi connectivity index (χ0n) is 17.2. The van der Waals surface area contributed by atoms with Crippen LogP contribution >= 0.6 is 0 Å². The van der Waals surface area contributed by atoms with Crippen LogP contribution in [0.25, 0.3) is 22.7 Å². The smallest absolute Gasteiger partial charge is 0.196 e. The minimum Gasteiger partial charge on any atom is -0.494 e. The minimum absolute atomic E-state index is 0.154. The molecule has 0 bridgehead atoms. The van der Waals surface area contributed by atoms with E-state index in [0.29, 0.717) is 5.70 Å². The molecular formula is C26H20N4O. The second-order valence-electron chi connectivity index (χ2n) is 7.59. The topological polar surface area (TPSA) is 64.0 Å². The second-order valence-corrected chi connectivity index (χ2v) is 7.59. The maximum Gasteiger partial charge on any atom is 0.196 e. The van der Waals surface area contributed by atoms with E-state index in [0.717, 1.165) is 43.8 Å². The van der Waals surface area contributed by atoms with Crippen LogP contribution in [0.5, 0.6) is 5.88 Å². The molecule has 0 unspecified atom stereocenters. The summed E-state index contributed by atoms with van der Waals surface area (Å²) in [6, 6.07) is 21.8. The Bertz CT molecular complexity index is 1510. The number of rotatable bonds is 2. The number of fused-ring (bicyclic) bond motifs is 2. The first-order valence-electron chi connectivity index (χ1n) is 9.95. The van der Waals surface area contributed by atoms with Crippen molar-refractivity contribution in [1.82, 2.24) is 4.98 Å². The Balaban J connectivity index is 1.51. The summed E-state index contributed by atoms with van der Waals surface area (Å²) in [5, 5.41) is 21.7. The second kappa shape index (κ2) is 7.51. The first-order chi connectivity index (χ1) is 15.1. The highest BCUT2D eigenvalue weighted by Gasteiger charge is 2.09. The number of azo groups is 1. The number of benzene rings is 3. The van der Waals surface area contributed by atoms with Gasteiger partial charge in [-0.2, -0.15) is 0 Å². The largest absolute Gasteiger partial charge is 0.494 e. The van der Waals surface area contributed by atoms with Crippen molar-refractivity contribution in [2.75, 3.05) is 19.0 Å². The van der Waals surface area contributed by atoms with Crippen LogP contribution in [-0.4, -0.2) is 24.2 Å². The molecule has 1 aliphatic rings. The number of aromatic hydroxyl groups is 1. The number of nitrogens with zero attached hydrogens (tertiary/aromatic N) is 3. The van der Waals surface area contributed by atoms with E-state index in [1.54, 1.807) is 0 Å². The fourth-order valence-corrected chi connectivity index (χ4v) is 3.61. The van der Waals surface area contributed by atoms with Crippen LogP contribution in [0, 0.1) is 11.8 Å². The van der Waals surface area contributed by atoms with E-state index in [2.05, 4.69) is 32.0 Å². The van der Waals surface area contributed by atoms with E-state index >= 15 is 0 Å². The molecule has 0 saturated heterocycles. The summed E-state index contributed by atoms with van der Waals surface area (Å²) in [4.78, 5) is 5.06. The van der Waals surface area contributed by atoms with E-state index in [1.165, 1.54) is 0 Å². The van der Waals surface area contributed by atoms with Gasteiger partial charge in [0, 0.05) is 47.0 Å². The molecule has 4 aromatic rings.